The predicted molar refractivity (Wildman–Crippen MR) is 113 cm³/mol. The van der Waals surface area contributed by atoms with Gasteiger partial charge in [-0.15, -0.1) is 0 Å². The summed E-state index contributed by atoms with van der Waals surface area (Å²) in [6, 6.07) is 9.13. The largest absolute Gasteiger partial charge is 0.368 e. The van der Waals surface area contributed by atoms with Crippen molar-refractivity contribution in [3.8, 4) is 0 Å². The first-order valence-electron chi connectivity index (χ1n) is 10.2. The Morgan fingerprint density at radius 3 is 2.97 bits per heavy atom. The molecule has 1 saturated heterocycles. The average molecular weight is 407 g/mol. The van der Waals surface area contributed by atoms with Crippen molar-refractivity contribution in [3.05, 3.63) is 54.1 Å². The zero-order valence-corrected chi connectivity index (χ0v) is 16.9. The van der Waals surface area contributed by atoms with E-state index in [2.05, 4.69) is 15.6 Å². The zero-order valence-electron chi connectivity index (χ0n) is 16.9. The van der Waals surface area contributed by atoms with Gasteiger partial charge >= 0.3 is 0 Å². The van der Waals surface area contributed by atoms with Crippen molar-refractivity contribution in [1.29, 1.82) is 0 Å². The van der Waals surface area contributed by atoms with Crippen molar-refractivity contribution in [3.63, 3.8) is 0 Å². The van der Waals surface area contributed by atoms with Crippen LogP contribution in [0.25, 0.3) is 11.0 Å². The number of pyridine rings is 1. The van der Waals surface area contributed by atoms with Crippen LogP contribution < -0.4 is 10.6 Å². The van der Waals surface area contributed by atoms with E-state index in [1.807, 2.05) is 29.8 Å². The van der Waals surface area contributed by atoms with Gasteiger partial charge in [0.05, 0.1) is 16.6 Å². The van der Waals surface area contributed by atoms with Gasteiger partial charge in [0.2, 0.25) is 5.91 Å². The Labute approximate surface area is 174 Å². The van der Waals surface area contributed by atoms with Crippen LogP contribution in [0.1, 0.15) is 35.4 Å². The van der Waals surface area contributed by atoms with Gasteiger partial charge < -0.3 is 19.9 Å². The Kier molecular flexibility index (Phi) is 6.04. The lowest BCUT2D eigenvalue weighted by atomic mass is 10.2. The van der Waals surface area contributed by atoms with Crippen molar-refractivity contribution in [2.24, 2.45) is 7.05 Å². The summed E-state index contributed by atoms with van der Waals surface area (Å²) in [5.74, 6) is 0.708. The van der Waals surface area contributed by atoms with Gasteiger partial charge in [0.15, 0.2) is 0 Å². The molecule has 4 rings (SSSR count). The lowest BCUT2D eigenvalue weighted by Gasteiger charge is -2.10. The van der Waals surface area contributed by atoms with Gasteiger partial charge in [-0.1, -0.05) is 0 Å². The third kappa shape index (κ3) is 4.49. The number of ether oxygens (including phenoxy) is 1. The number of anilines is 1. The second-order valence-corrected chi connectivity index (χ2v) is 7.38. The molecule has 1 atom stereocenters. The fraction of sp³-hybridized carbons (Fsp3) is 0.364. The second kappa shape index (κ2) is 9.04. The molecule has 0 saturated carbocycles. The second-order valence-electron chi connectivity index (χ2n) is 7.38. The number of benzene rings is 1. The van der Waals surface area contributed by atoms with Crippen LogP contribution in [0.5, 0.6) is 0 Å². The van der Waals surface area contributed by atoms with Gasteiger partial charge in [-0.2, -0.15) is 0 Å². The predicted octanol–water partition coefficient (Wildman–Crippen LogP) is 2.45. The minimum Gasteiger partial charge on any atom is -0.368 e. The van der Waals surface area contributed by atoms with E-state index in [-0.39, 0.29) is 17.9 Å². The SMILES string of the molecule is Cn1c(CCCNC(=O)[C@H]2CCCO2)nc2cc(NC(=O)c3cccnc3)ccc21. The Hall–Kier alpha value is -3.26. The van der Waals surface area contributed by atoms with E-state index in [1.165, 1.54) is 6.20 Å². The van der Waals surface area contributed by atoms with E-state index >= 15 is 0 Å². The topological polar surface area (TPSA) is 98.1 Å². The highest BCUT2D eigenvalue weighted by Gasteiger charge is 2.22. The molecule has 8 heteroatoms. The van der Waals surface area contributed by atoms with Crippen molar-refractivity contribution < 1.29 is 14.3 Å². The summed E-state index contributed by atoms with van der Waals surface area (Å²) < 4.78 is 7.44. The van der Waals surface area contributed by atoms with Crippen LogP contribution in [-0.2, 0) is 23.0 Å². The van der Waals surface area contributed by atoms with Crippen LogP contribution in [0, 0.1) is 0 Å². The number of nitrogens with one attached hydrogen (secondary N) is 2. The summed E-state index contributed by atoms with van der Waals surface area (Å²) in [7, 11) is 1.98. The van der Waals surface area contributed by atoms with Crippen LogP contribution in [0.4, 0.5) is 5.69 Å². The first-order chi connectivity index (χ1) is 14.6. The molecular weight excluding hydrogens is 382 g/mol. The normalized spacial score (nSPS) is 16.0. The molecule has 0 bridgehead atoms. The van der Waals surface area contributed by atoms with Crippen LogP contribution in [0.3, 0.4) is 0 Å². The minimum atomic E-state index is -0.291. The molecule has 2 amide bonds. The summed E-state index contributed by atoms with van der Waals surface area (Å²) >= 11 is 0. The number of hydrogen-bond acceptors (Lipinski definition) is 5. The maximum absolute atomic E-state index is 12.3. The third-order valence-electron chi connectivity index (χ3n) is 5.25. The minimum absolute atomic E-state index is 0.0218. The molecule has 0 spiro atoms. The number of nitrogens with zero attached hydrogens (tertiary/aromatic N) is 3. The molecule has 1 aliphatic rings. The van der Waals surface area contributed by atoms with Crippen molar-refractivity contribution >= 4 is 28.5 Å². The first-order valence-corrected chi connectivity index (χ1v) is 10.2. The van der Waals surface area contributed by atoms with Gasteiger partial charge in [0.25, 0.3) is 5.91 Å². The van der Waals surface area contributed by atoms with Gasteiger partial charge in [-0.05, 0) is 49.6 Å². The van der Waals surface area contributed by atoms with E-state index < -0.39 is 0 Å². The number of rotatable bonds is 7. The zero-order chi connectivity index (χ0) is 20.9. The van der Waals surface area contributed by atoms with E-state index in [4.69, 9.17) is 9.72 Å². The number of aromatic nitrogens is 3. The molecule has 2 aromatic heterocycles. The van der Waals surface area contributed by atoms with Crippen molar-refractivity contribution in [2.75, 3.05) is 18.5 Å². The molecule has 0 unspecified atom stereocenters. The summed E-state index contributed by atoms with van der Waals surface area (Å²) in [4.78, 5) is 33.0. The number of amides is 2. The van der Waals surface area contributed by atoms with E-state index in [9.17, 15) is 9.59 Å². The van der Waals surface area contributed by atoms with E-state index in [0.29, 0.717) is 24.4 Å². The van der Waals surface area contributed by atoms with Crippen LogP contribution in [0.15, 0.2) is 42.7 Å². The van der Waals surface area contributed by atoms with Gasteiger partial charge in [0, 0.05) is 44.7 Å². The van der Waals surface area contributed by atoms with Gasteiger partial charge in [-0.25, -0.2) is 4.98 Å². The van der Waals surface area contributed by atoms with Crippen LogP contribution >= 0.6 is 0 Å². The summed E-state index contributed by atoms with van der Waals surface area (Å²) in [6.45, 7) is 1.26. The summed E-state index contributed by atoms with van der Waals surface area (Å²) in [6.07, 6.45) is 6.16. The Morgan fingerprint density at radius 2 is 2.20 bits per heavy atom. The quantitative estimate of drug-likeness (QED) is 0.586. The number of aryl methyl sites for hydroxylation is 2. The molecule has 1 aromatic carbocycles. The van der Waals surface area contributed by atoms with Crippen LogP contribution in [-0.4, -0.2) is 45.6 Å². The number of carbonyl (C=O) groups is 2. The molecule has 1 aliphatic heterocycles. The van der Waals surface area contributed by atoms with Crippen molar-refractivity contribution in [2.45, 2.75) is 31.8 Å². The fourth-order valence-corrected chi connectivity index (χ4v) is 3.61. The monoisotopic (exact) mass is 407 g/mol. The molecule has 0 radical (unpaired) electrons. The average Bonchev–Trinajstić information content (AvgIpc) is 3.40. The number of carbonyl (C=O) groups excluding carboxylic acids is 2. The number of fused-ring (bicyclic) bond motifs is 1. The maximum atomic E-state index is 12.3. The summed E-state index contributed by atoms with van der Waals surface area (Å²) in [5, 5.41) is 5.82. The molecule has 0 aliphatic carbocycles. The smallest absolute Gasteiger partial charge is 0.257 e. The van der Waals surface area contributed by atoms with Gasteiger partial charge in [-0.3, -0.25) is 14.6 Å². The highest BCUT2D eigenvalue weighted by molar-refractivity contribution is 6.04. The van der Waals surface area contributed by atoms with Crippen LogP contribution in [0.2, 0.25) is 0 Å². The lowest BCUT2D eigenvalue weighted by molar-refractivity contribution is -0.130. The molecule has 8 nitrogen and oxygen atoms in total. The first kappa shape index (κ1) is 20.0. The molecule has 156 valence electrons. The van der Waals surface area contributed by atoms with E-state index in [1.54, 1.807) is 18.3 Å². The number of imidazole rings is 1. The van der Waals surface area contributed by atoms with Gasteiger partial charge in [0.1, 0.15) is 11.9 Å². The lowest BCUT2D eigenvalue weighted by Crippen LogP contribution is -2.34. The summed E-state index contributed by atoms with van der Waals surface area (Å²) in [5.41, 5.74) is 3.00. The maximum Gasteiger partial charge on any atom is 0.257 e. The standard InChI is InChI=1S/C22H25N5O3/c1-27-18-9-8-16(25-21(28)15-5-2-10-23-14-15)13-17(18)26-20(27)7-3-11-24-22(29)19-6-4-12-30-19/h2,5,8-10,13-14,19H,3-4,6-7,11-12H2,1H3,(H,24,29)(H,25,28)/t19-/m1/s1. The fourth-order valence-electron chi connectivity index (χ4n) is 3.61. The molecule has 30 heavy (non-hydrogen) atoms. The highest BCUT2D eigenvalue weighted by atomic mass is 16.5. The molecular formula is C22H25N5O3. The third-order valence-corrected chi connectivity index (χ3v) is 5.25. The molecule has 2 N–H and O–H groups in total. The molecule has 3 aromatic rings. The molecule has 3 heterocycles. The Morgan fingerprint density at radius 1 is 1.30 bits per heavy atom. The van der Waals surface area contributed by atoms with Crippen molar-refractivity contribution in [1.82, 2.24) is 19.9 Å². The number of hydrogen-bond donors (Lipinski definition) is 2. The Balaban J connectivity index is 1.36. The highest BCUT2D eigenvalue weighted by Crippen LogP contribution is 2.21. The Bertz CT molecular complexity index is 1040. The van der Waals surface area contributed by atoms with E-state index in [0.717, 1.165) is 42.5 Å². The molecule has 1 fully saturated rings.